The second-order valence-corrected chi connectivity index (χ2v) is 6.51. The predicted octanol–water partition coefficient (Wildman–Crippen LogP) is 3.37. The summed E-state index contributed by atoms with van der Waals surface area (Å²) in [6.07, 6.45) is 3.44. The second kappa shape index (κ2) is 5.72. The fraction of sp³-hybridized carbons (Fsp3) is 0.375. The largest absolute Gasteiger partial charge is 0.354 e. The first-order valence-corrected chi connectivity index (χ1v) is 7.79. The van der Waals surface area contributed by atoms with E-state index in [0.717, 1.165) is 30.5 Å². The molecule has 1 aromatic carbocycles. The molecule has 0 radical (unpaired) electrons. The van der Waals surface area contributed by atoms with Gasteiger partial charge in [0.1, 0.15) is 0 Å². The van der Waals surface area contributed by atoms with Crippen molar-refractivity contribution in [2.24, 2.45) is 0 Å². The van der Waals surface area contributed by atoms with Crippen LogP contribution in [0.4, 0.5) is 0 Å². The molecule has 106 valence electrons. The first-order valence-electron chi connectivity index (χ1n) is 6.99. The monoisotopic (exact) mass is 333 g/mol. The first-order chi connectivity index (χ1) is 9.63. The highest BCUT2D eigenvalue weighted by atomic mass is 79.9. The molecule has 1 aromatic heterocycles. The van der Waals surface area contributed by atoms with Crippen LogP contribution in [0.15, 0.2) is 28.7 Å². The summed E-state index contributed by atoms with van der Waals surface area (Å²) in [6.45, 7) is 2.99. The third kappa shape index (κ3) is 2.82. The van der Waals surface area contributed by atoms with Crippen molar-refractivity contribution in [1.29, 1.82) is 0 Å². The number of nitrogens with zero attached hydrogens (tertiary/aromatic N) is 1. The van der Waals surface area contributed by atoms with Crippen LogP contribution in [0.5, 0.6) is 0 Å². The highest BCUT2D eigenvalue weighted by Gasteiger charge is 2.11. The Morgan fingerprint density at radius 1 is 1.25 bits per heavy atom. The van der Waals surface area contributed by atoms with Crippen molar-refractivity contribution in [3.8, 4) is 0 Å². The quantitative estimate of drug-likeness (QED) is 0.902. The van der Waals surface area contributed by atoms with Gasteiger partial charge in [0.05, 0.1) is 5.52 Å². The number of rotatable bonds is 3. The van der Waals surface area contributed by atoms with E-state index < -0.39 is 0 Å². The summed E-state index contributed by atoms with van der Waals surface area (Å²) in [5.41, 5.74) is 5.12. The van der Waals surface area contributed by atoms with Gasteiger partial charge < -0.3 is 15.2 Å². The van der Waals surface area contributed by atoms with Gasteiger partial charge in [-0.2, -0.15) is 0 Å². The lowest BCUT2D eigenvalue weighted by Gasteiger charge is -2.12. The fourth-order valence-corrected chi connectivity index (χ4v) is 3.36. The molecule has 0 unspecified atom stereocenters. The van der Waals surface area contributed by atoms with Gasteiger partial charge >= 0.3 is 0 Å². The number of aromatic amines is 1. The maximum atomic E-state index is 3.69. The number of nitrogens with one attached hydrogen (secondary N) is 2. The van der Waals surface area contributed by atoms with Gasteiger partial charge in [-0.15, -0.1) is 0 Å². The van der Waals surface area contributed by atoms with Crippen LogP contribution in [0, 0.1) is 0 Å². The molecule has 0 saturated heterocycles. The van der Waals surface area contributed by atoms with Gasteiger partial charge in [0.25, 0.3) is 0 Å². The zero-order chi connectivity index (χ0) is 14.1. The third-order valence-electron chi connectivity index (χ3n) is 3.61. The molecule has 0 atom stereocenters. The summed E-state index contributed by atoms with van der Waals surface area (Å²) in [5, 5.41) is 4.70. The van der Waals surface area contributed by atoms with Crippen LogP contribution < -0.4 is 5.32 Å². The molecular formula is C16H20BrN3. The molecule has 0 aliphatic carbocycles. The molecule has 3 nitrogen and oxygen atoms in total. The summed E-state index contributed by atoms with van der Waals surface area (Å²) < 4.78 is 1.14. The topological polar surface area (TPSA) is 31.1 Å². The molecule has 0 spiro atoms. The number of hydrogen-bond acceptors (Lipinski definition) is 2. The Hall–Kier alpha value is -1.10. The molecule has 2 heterocycles. The lowest BCUT2D eigenvalue weighted by Crippen LogP contribution is -2.21. The Labute approximate surface area is 128 Å². The summed E-state index contributed by atoms with van der Waals surface area (Å²) in [6, 6.07) is 6.74. The van der Waals surface area contributed by atoms with Crippen LogP contribution in [-0.4, -0.2) is 37.1 Å². The Morgan fingerprint density at radius 2 is 2.10 bits per heavy atom. The highest BCUT2D eigenvalue weighted by molar-refractivity contribution is 9.10. The third-order valence-corrected chi connectivity index (χ3v) is 4.24. The Bertz CT molecular complexity index is 655. The zero-order valence-electron chi connectivity index (χ0n) is 12.0. The zero-order valence-corrected chi connectivity index (χ0v) is 13.5. The van der Waals surface area contributed by atoms with Crippen LogP contribution in [0.1, 0.15) is 17.7 Å². The maximum Gasteiger partial charge on any atom is 0.0603 e. The van der Waals surface area contributed by atoms with Crippen LogP contribution in [0.25, 0.3) is 16.5 Å². The van der Waals surface area contributed by atoms with Crippen molar-refractivity contribution >= 4 is 32.4 Å². The van der Waals surface area contributed by atoms with Gasteiger partial charge in [0.15, 0.2) is 0 Å². The van der Waals surface area contributed by atoms with Crippen molar-refractivity contribution in [3.63, 3.8) is 0 Å². The summed E-state index contributed by atoms with van der Waals surface area (Å²) >= 11 is 3.69. The molecule has 1 aliphatic rings. The smallest absolute Gasteiger partial charge is 0.0603 e. The van der Waals surface area contributed by atoms with E-state index >= 15 is 0 Å². The summed E-state index contributed by atoms with van der Waals surface area (Å²) in [5.74, 6) is 0. The van der Waals surface area contributed by atoms with Crippen molar-refractivity contribution in [2.45, 2.75) is 13.0 Å². The molecule has 1 aliphatic heterocycles. The minimum Gasteiger partial charge on any atom is -0.354 e. The number of aromatic nitrogens is 1. The SMILES string of the molecule is CN(C)Cc1cc(Br)c2[nH]c(C3=CCCNC3)cc2c1. The van der Waals surface area contributed by atoms with E-state index in [9.17, 15) is 0 Å². The molecule has 0 saturated carbocycles. The van der Waals surface area contributed by atoms with Crippen LogP contribution in [0.3, 0.4) is 0 Å². The molecular weight excluding hydrogens is 314 g/mol. The minimum absolute atomic E-state index is 0.953. The van der Waals surface area contributed by atoms with E-state index in [1.807, 2.05) is 0 Å². The molecule has 0 bridgehead atoms. The van der Waals surface area contributed by atoms with E-state index in [4.69, 9.17) is 0 Å². The van der Waals surface area contributed by atoms with Gasteiger partial charge in [0.2, 0.25) is 0 Å². The molecule has 20 heavy (non-hydrogen) atoms. The van der Waals surface area contributed by atoms with Crippen molar-refractivity contribution < 1.29 is 0 Å². The summed E-state index contributed by atoms with van der Waals surface area (Å²) in [7, 11) is 4.19. The average Bonchev–Trinajstić information content (AvgIpc) is 2.83. The Morgan fingerprint density at radius 3 is 2.80 bits per heavy atom. The van der Waals surface area contributed by atoms with Crippen LogP contribution >= 0.6 is 15.9 Å². The van der Waals surface area contributed by atoms with E-state index in [1.54, 1.807) is 0 Å². The molecule has 4 heteroatoms. The molecule has 0 fully saturated rings. The number of fused-ring (bicyclic) bond motifs is 1. The lowest BCUT2D eigenvalue weighted by atomic mass is 10.1. The Kier molecular flexibility index (Phi) is 3.96. The standard InChI is InChI=1S/C16H20BrN3/c1-20(2)10-11-6-13-8-15(12-4-3-5-18-9-12)19-16(13)14(17)7-11/h4,6-8,18-19H,3,5,9-10H2,1-2H3. The molecule has 2 N–H and O–H groups in total. The van der Waals surface area contributed by atoms with Crippen molar-refractivity contribution in [3.05, 3.63) is 40.0 Å². The number of H-pyrrole nitrogens is 1. The lowest BCUT2D eigenvalue weighted by molar-refractivity contribution is 0.402. The first kappa shape index (κ1) is 13.9. The predicted molar refractivity (Wildman–Crippen MR) is 88.9 cm³/mol. The van der Waals surface area contributed by atoms with Gasteiger partial charge in [-0.3, -0.25) is 0 Å². The molecule has 2 aromatic rings. The Balaban J connectivity index is 2.01. The second-order valence-electron chi connectivity index (χ2n) is 5.66. The van der Waals surface area contributed by atoms with Gasteiger partial charge in [-0.25, -0.2) is 0 Å². The minimum atomic E-state index is 0.953. The van der Waals surface area contributed by atoms with E-state index in [2.05, 4.69) is 69.5 Å². The van der Waals surface area contributed by atoms with Crippen LogP contribution in [0.2, 0.25) is 0 Å². The average molecular weight is 334 g/mol. The van der Waals surface area contributed by atoms with Crippen molar-refractivity contribution in [1.82, 2.24) is 15.2 Å². The number of hydrogen-bond donors (Lipinski definition) is 2. The van der Waals surface area contributed by atoms with Gasteiger partial charge in [-0.05, 0) is 72.3 Å². The van der Waals surface area contributed by atoms with E-state index in [0.29, 0.717) is 0 Å². The van der Waals surface area contributed by atoms with E-state index in [-0.39, 0.29) is 0 Å². The van der Waals surface area contributed by atoms with Crippen molar-refractivity contribution in [2.75, 3.05) is 27.2 Å². The highest BCUT2D eigenvalue weighted by Crippen LogP contribution is 2.29. The maximum absolute atomic E-state index is 3.69. The number of halogens is 1. The van der Waals surface area contributed by atoms with Gasteiger partial charge in [-0.1, -0.05) is 6.08 Å². The normalized spacial score (nSPS) is 15.9. The van der Waals surface area contributed by atoms with Crippen LogP contribution in [-0.2, 0) is 6.54 Å². The molecule has 3 rings (SSSR count). The van der Waals surface area contributed by atoms with Gasteiger partial charge in [0, 0.05) is 28.6 Å². The fourth-order valence-electron chi connectivity index (χ4n) is 2.74. The number of benzene rings is 1. The van der Waals surface area contributed by atoms with E-state index in [1.165, 1.54) is 27.7 Å². The molecule has 0 amide bonds. The summed E-state index contributed by atoms with van der Waals surface area (Å²) in [4.78, 5) is 5.73.